The second-order valence-electron chi connectivity index (χ2n) is 5.23. The maximum absolute atomic E-state index is 4.31. The summed E-state index contributed by atoms with van der Waals surface area (Å²) in [5.74, 6) is 2.36. The van der Waals surface area contributed by atoms with E-state index in [0.717, 1.165) is 23.3 Å². The molecule has 1 aromatic rings. The minimum absolute atomic E-state index is 0.596. The van der Waals surface area contributed by atoms with Crippen molar-refractivity contribution in [1.29, 1.82) is 0 Å². The number of hydrogen-bond donors (Lipinski definition) is 1. The highest BCUT2D eigenvalue weighted by Crippen LogP contribution is 2.40. The van der Waals surface area contributed by atoms with Gasteiger partial charge in [-0.25, -0.2) is 9.97 Å². The Hall–Kier alpha value is -1.16. The van der Waals surface area contributed by atoms with E-state index >= 15 is 0 Å². The fourth-order valence-electron chi connectivity index (χ4n) is 2.97. The van der Waals surface area contributed by atoms with Gasteiger partial charge < -0.3 is 10.2 Å². The lowest BCUT2D eigenvalue weighted by atomic mass is 9.66. The van der Waals surface area contributed by atoms with Crippen molar-refractivity contribution in [3.8, 4) is 0 Å². The molecule has 4 heteroatoms. The van der Waals surface area contributed by atoms with Crippen LogP contribution < -0.4 is 5.32 Å². The maximum atomic E-state index is 4.31. The molecule has 1 aliphatic carbocycles. The van der Waals surface area contributed by atoms with E-state index in [0.29, 0.717) is 6.04 Å². The van der Waals surface area contributed by atoms with Crippen LogP contribution in [0.1, 0.15) is 12.0 Å². The summed E-state index contributed by atoms with van der Waals surface area (Å²) in [6, 6.07) is 0.596. The van der Waals surface area contributed by atoms with Gasteiger partial charge in [-0.2, -0.15) is 0 Å². The number of anilines is 1. The third-order valence-electron chi connectivity index (χ3n) is 3.79. The number of likely N-dealkylation sites (tertiary alicyclic amines) is 1. The first kappa shape index (κ1) is 10.0. The first-order chi connectivity index (χ1) is 7.72. The van der Waals surface area contributed by atoms with Crippen molar-refractivity contribution < 1.29 is 0 Å². The minimum atomic E-state index is 0.596. The summed E-state index contributed by atoms with van der Waals surface area (Å²) >= 11 is 0. The van der Waals surface area contributed by atoms with E-state index in [-0.39, 0.29) is 0 Å². The SMILES string of the molecule is Cc1cnc(NC2C3CC2CN(C)C3)nc1. The monoisotopic (exact) mass is 218 g/mol. The number of nitrogens with one attached hydrogen (secondary N) is 1. The van der Waals surface area contributed by atoms with Crippen molar-refractivity contribution in [2.24, 2.45) is 11.8 Å². The summed E-state index contributed by atoms with van der Waals surface area (Å²) in [7, 11) is 2.21. The van der Waals surface area contributed by atoms with Crippen LogP contribution in [0, 0.1) is 18.8 Å². The summed E-state index contributed by atoms with van der Waals surface area (Å²) in [5.41, 5.74) is 1.11. The van der Waals surface area contributed by atoms with Gasteiger partial charge in [0.2, 0.25) is 5.95 Å². The molecule has 16 heavy (non-hydrogen) atoms. The van der Waals surface area contributed by atoms with Crippen LogP contribution in [0.25, 0.3) is 0 Å². The topological polar surface area (TPSA) is 41.1 Å². The quantitative estimate of drug-likeness (QED) is 0.808. The third-order valence-corrected chi connectivity index (χ3v) is 3.79. The van der Waals surface area contributed by atoms with Crippen molar-refractivity contribution in [3.05, 3.63) is 18.0 Å². The molecule has 4 nitrogen and oxygen atoms in total. The van der Waals surface area contributed by atoms with Gasteiger partial charge in [0.25, 0.3) is 0 Å². The third kappa shape index (κ3) is 1.67. The number of aryl methyl sites for hydroxylation is 1. The molecule has 2 aliphatic rings. The van der Waals surface area contributed by atoms with Crippen LogP contribution in [0.3, 0.4) is 0 Å². The fourth-order valence-corrected chi connectivity index (χ4v) is 2.97. The number of nitrogens with zero attached hydrogens (tertiary/aromatic N) is 3. The first-order valence-corrected chi connectivity index (χ1v) is 5.96. The molecule has 86 valence electrons. The van der Waals surface area contributed by atoms with Gasteiger partial charge in [0.1, 0.15) is 0 Å². The molecule has 1 aromatic heterocycles. The average molecular weight is 218 g/mol. The molecule has 1 N–H and O–H groups in total. The Morgan fingerprint density at radius 3 is 2.50 bits per heavy atom. The van der Waals surface area contributed by atoms with Crippen molar-refractivity contribution >= 4 is 5.95 Å². The summed E-state index contributed by atoms with van der Waals surface area (Å²) < 4.78 is 0. The van der Waals surface area contributed by atoms with Crippen molar-refractivity contribution in [2.45, 2.75) is 19.4 Å². The smallest absolute Gasteiger partial charge is 0.222 e. The molecule has 1 saturated heterocycles. The van der Waals surface area contributed by atoms with E-state index in [2.05, 4.69) is 27.2 Å². The molecule has 1 saturated carbocycles. The Kier molecular flexibility index (Phi) is 2.32. The summed E-state index contributed by atoms with van der Waals surface area (Å²) in [6.45, 7) is 4.43. The zero-order valence-corrected chi connectivity index (χ0v) is 9.85. The van der Waals surface area contributed by atoms with Crippen LogP contribution in [0.2, 0.25) is 0 Å². The average Bonchev–Trinajstić information content (AvgIpc) is 2.28. The van der Waals surface area contributed by atoms with Gasteiger partial charge in [-0.1, -0.05) is 0 Å². The predicted molar refractivity (Wildman–Crippen MR) is 63.3 cm³/mol. The Morgan fingerprint density at radius 2 is 1.88 bits per heavy atom. The van der Waals surface area contributed by atoms with E-state index in [1.54, 1.807) is 0 Å². The molecule has 0 radical (unpaired) electrons. The summed E-state index contributed by atoms with van der Waals surface area (Å²) in [6.07, 6.45) is 5.11. The Morgan fingerprint density at radius 1 is 1.25 bits per heavy atom. The van der Waals surface area contributed by atoms with Gasteiger partial charge in [0.15, 0.2) is 0 Å². The largest absolute Gasteiger partial charge is 0.351 e. The van der Waals surface area contributed by atoms with Gasteiger partial charge in [-0.05, 0) is 37.8 Å². The lowest BCUT2D eigenvalue weighted by molar-refractivity contribution is 0.0267. The Balaban J connectivity index is 1.66. The molecule has 2 atom stereocenters. The van der Waals surface area contributed by atoms with Crippen LogP contribution in [-0.2, 0) is 0 Å². The molecule has 2 unspecified atom stereocenters. The molecular weight excluding hydrogens is 200 g/mol. The van der Waals surface area contributed by atoms with E-state index in [9.17, 15) is 0 Å². The Bertz CT molecular complexity index is 363. The normalized spacial score (nSPS) is 33.2. The lowest BCUT2D eigenvalue weighted by Crippen LogP contribution is -2.60. The zero-order chi connectivity index (χ0) is 11.1. The number of fused-ring (bicyclic) bond motifs is 2. The van der Waals surface area contributed by atoms with Gasteiger partial charge in [-0.3, -0.25) is 0 Å². The van der Waals surface area contributed by atoms with Gasteiger partial charge in [0.05, 0.1) is 0 Å². The molecule has 2 fully saturated rings. The fraction of sp³-hybridized carbons (Fsp3) is 0.667. The molecule has 0 spiro atoms. The highest BCUT2D eigenvalue weighted by molar-refractivity contribution is 5.29. The second-order valence-corrected chi connectivity index (χ2v) is 5.23. The van der Waals surface area contributed by atoms with Crippen molar-refractivity contribution in [2.75, 3.05) is 25.5 Å². The summed E-state index contributed by atoms with van der Waals surface area (Å²) in [4.78, 5) is 11.0. The van der Waals surface area contributed by atoms with Crippen molar-refractivity contribution in [3.63, 3.8) is 0 Å². The predicted octanol–water partition coefficient (Wildman–Crippen LogP) is 1.15. The van der Waals surface area contributed by atoms with E-state index < -0.39 is 0 Å². The highest BCUT2D eigenvalue weighted by Gasteiger charge is 2.45. The van der Waals surface area contributed by atoms with E-state index in [1.165, 1.54) is 19.5 Å². The number of piperidine rings is 2. The van der Waals surface area contributed by atoms with Crippen LogP contribution in [-0.4, -0.2) is 41.0 Å². The van der Waals surface area contributed by atoms with E-state index in [1.807, 2.05) is 19.3 Å². The highest BCUT2D eigenvalue weighted by atomic mass is 15.2. The Labute approximate surface area is 96.1 Å². The first-order valence-electron chi connectivity index (χ1n) is 5.96. The molecule has 0 amide bonds. The molecule has 2 heterocycles. The molecule has 3 rings (SSSR count). The number of rotatable bonds is 2. The summed E-state index contributed by atoms with van der Waals surface area (Å²) in [5, 5.41) is 3.48. The van der Waals surface area contributed by atoms with Gasteiger partial charge in [-0.15, -0.1) is 0 Å². The standard InChI is InChI=1S/C12H18N4/c1-8-4-13-12(14-5-8)15-11-9-3-10(11)7-16(2)6-9/h4-5,9-11H,3,6-7H2,1-2H3,(H,13,14,15). The van der Waals surface area contributed by atoms with Crippen LogP contribution >= 0.6 is 0 Å². The second kappa shape index (κ2) is 3.70. The number of aromatic nitrogens is 2. The van der Waals surface area contributed by atoms with E-state index in [4.69, 9.17) is 0 Å². The van der Waals surface area contributed by atoms with Crippen LogP contribution in [0.15, 0.2) is 12.4 Å². The lowest BCUT2D eigenvalue weighted by Gasteiger charge is -2.52. The van der Waals surface area contributed by atoms with Crippen LogP contribution in [0.4, 0.5) is 5.95 Å². The van der Waals surface area contributed by atoms with Gasteiger partial charge >= 0.3 is 0 Å². The maximum Gasteiger partial charge on any atom is 0.222 e. The van der Waals surface area contributed by atoms with Crippen LogP contribution in [0.5, 0.6) is 0 Å². The minimum Gasteiger partial charge on any atom is -0.351 e. The zero-order valence-electron chi connectivity index (χ0n) is 9.85. The number of hydrogen-bond acceptors (Lipinski definition) is 4. The molecule has 1 aliphatic heterocycles. The molecule has 2 bridgehead atoms. The molecule has 0 aromatic carbocycles. The molecular formula is C12H18N4. The van der Waals surface area contributed by atoms with Crippen molar-refractivity contribution in [1.82, 2.24) is 14.9 Å². The van der Waals surface area contributed by atoms with Gasteiger partial charge in [0, 0.05) is 31.5 Å².